The molecular formula is C5H8N2OS. The summed E-state index contributed by atoms with van der Waals surface area (Å²) in [5.41, 5.74) is 0.648. The Kier molecular flexibility index (Phi) is 5.03. The SMILES string of the molecule is C/C(CSCC#N)=N\O. The average molecular weight is 144 g/mol. The first-order valence-electron chi connectivity index (χ1n) is 2.43. The molecule has 0 spiro atoms. The summed E-state index contributed by atoms with van der Waals surface area (Å²) in [4.78, 5) is 0. The molecule has 0 amide bonds. The summed E-state index contributed by atoms with van der Waals surface area (Å²) in [6.45, 7) is 1.71. The van der Waals surface area contributed by atoms with Gasteiger partial charge in [-0.15, -0.1) is 11.8 Å². The zero-order valence-electron chi connectivity index (χ0n) is 5.16. The summed E-state index contributed by atoms with van der Waals surface area (Å²) in [5.74, 6) is 1.08. The molecule has 0 aromatic rings. The van der Waals surface area contributed by atoms with Gasteiger partial charge in [0.15, 0.2) is 0 Å². The maximum Gasteiger partial charge on any atom is 0.0811 e. The Labute approximate surface area is 58.4 Å². The van der Waals surface area contributed by atoms with Gasteiger partial charge in [-0.2, -0.15) is 5.26 Å². The second-order valence-electron chi connectivity index (χ2n) is 1.49. The molecular weight excluding hydrogens is 136 g/mol. The summed E-state index contributed by atoms with van der Waals surface area (Å²) < 4.78 is 0. The van der Waals surface area contributed by atoms with Gasteiger partial charge >= 0.3 is 0 Å². The first-order chi connectivity index (χ1) is 4.31. The van der Waals surface area contributed by atoms with Crippen LogP contribution in [0.15, 0.2) is 5.16 Å². The van der Waals surface area contributed by atoms with Crippen molar-refractivity contribution in [1.29, 1.82) is 5.26 Å². The van der Waals surface area contributed by atoms with E-state index in [4.69, 9.17) is 10.5 Å². The molecule has 0 atom stereocenters. The zero-order valence-corrected chi connectivity index (χ0v) is 5.98. The monoisotopic (exact) mass is 144 g/mol. The maximum absolute atomic E-state index is 8.13. The van der Waals surface area contributed by atoms with E-state index in [1.54, 1.807) is 6.92 Å². The normalized spacial score (nSPS) is 10.9. The number of thioether (sulfide) groups is 1. The van der Waals surface area contributed by atoms with E-state index in [0.717, 1.165) is 0 Å². The van der Waals surface area contributed by atoms with Gasteiger partial charge in [-0.05, 0) is 6.92 Å². The molecule has 0 aliphatic carbocycles. The third kappa shape index (κ3) is 5.18. The quantitative estimate of drug-likeness (QED) is 0.279. The highest BCUT2D eigenvalue weighted by atomic mass is 32.2. The first-order valence-corrected chi connectivity index (χ1v) is 3.59. The average Bonchev–Trinajstić information content (AvgIpc) is 1.89. The topological polar surface area (TPSA) is 56.4 Å². The molecule has 1 N–H and O–H groups in total. The fourth-order valence-corrected chi connectivity index (χ4v) is 0.820. The van der Waals surface area contributed by atoms with E-state index >= 15 is 0 Å². The minimum absolute atomic E-state index is 0.451. The minimum atomic E-state index is 0.451. The van der Waals surface area contributed by atoms with Gasteiger partial charge < -0.3 is 5.21 Å². The van der Waals surface area contributed by atoms with Gasteiger partial charge in [0, 0.05) is 5.75 Å². The van der Waals surface area contributed by atoms with Gasteiger partial charge in [-0.25, -0.2) is 0 Å². The highest BCUT2D eigenvalue weighted by Gasteiger charge is 1.89. The van der Waals surface area contributed by atoms with E-state index in [2.05, 4.69) is 5.16 Å². The van der Waals surface area contributed by atoms with Gasteiger partial charge in [0.05, 0.1) is 17.5 Å². The molecule has 50 valence electrons. The van der Waals surface area contributed by atoms with Crippen LogP contribution in [0.2, 0.25) is 0 Å². The molecule has 0 saturated carbocycles. The molecule has 4 heteroatoms. The first kappa shape index (κ1) is 8.31. The summed E-state index contributed by atoms with van der Waals surface area (Å²) in [6, 6.07) is 1.97. The Morgan fingerprint density at radius 3 is 3.00 bits per heavy atom. The Morgan fingerprint density at radius 2 is 2.56 bits per heavy atom. The fraction of sp³-hybridized carbons (Fsp3) is 0.600. The molecule has 0 saturated heterocycles. The molecule has 0 aromatic heterocycles. The molecule has 0 heterocycles. The van der Waals surface area contributed by atoms with Crippen LogP contribution in [0, 0.1) is 11.3 Å². The Bertz CT molecular complexity index is 138. The van der Waals surface area contributed by atoms with E-state index in [-0.39, 0.29) is 0 Å². The lowest BCUT2D eigenvalue weighted by Gasteiger charge is -1.90. The predicted molar refractivity (Wildman–Crippen MR) is 37.8 cm³/mol. The fourth-order valence-electron chi connectivity index (χ4n) is 0.273. The number of nitriles is 1. The van der Waals surface area contributed by atoms with Gasteiger partial charge in [0.2, 0.25) is 0 Å². The van der Waals surface area contributed by atoms with Crippen molar-refractivity contribution in [3.05, 3.63) is 0 Å². The van der Waals surface area contributed by atoms with Gasteiger partial charge in [-0.1, -0.05) is 5.16 Å². The molecule has 0 aliphatic heterocycles. The van der Waals surface area contributed by atoms with Crippen molar-refractivity contribution in [1.82, 2.24) is 0 Å². The highest BCUT2D eigenvalue weighted by molar-refractivity contribution is 8.00. The second kappa shape index (κ2) is 5.45. The second-order valence-corrected chi connectivity index (χ2v) is 2.47. The van der Waals surface area contributed by atoms with Crippen molar-refractivity contribution >= 4 is 17.5 Å². The highest BCUT2D eigenvalue weighted by Crippen LogP contribution is 1.97. The molecule has 0 radical (unpaired) electrons. The van der Waals surface area contributed by atoms with Crippen molar-refractivity contribution < 1.29 is 5.21 Å². The van der Waals surface area contributed by atoms with Crippen molar-refractivity contribution in [2.75, 3.05) is 11.5 Å². The van der Waals surface area contributed by atoms with Gasteiger partial charge in [0.25, 0.3) is 0 Å². The van der Waals surface area contributed by atoms with Crippen LogP contribution in [0.4, 0.5) is 0 Å². The summed E-state index contributed by atoms with van der Waals surface area (Å²) in [5, 5.41) is 19.2. The van der Waals surface area contributed by atoms with Crippen molar-refractivity contribution in [3.8, 4) is 6.07 Å². The predicted octanol–water partition coefficient (Wildman–Crippen LogP) is 1.09. The van der Waals surface area contributed by atoms with Crippen LogP contribution in [-0.2, 0) is 0 Å². The summed E-state index contributed by atoms with van der Waals surface area (Å²) in [7, 11) is 0. The molecule has 0 rings (SSSR count). The molecule has 9 heavy (non-hydrogen) atoms. The van der Waals surface area contributed by atoms with E-state index in [1.165, 1.54) is 11.8 Å². The molecule has 0 bridgehead atoms. The minimum Gasteiger partial charge on any atom is -0.411 e. The number of hydrogen-bond acceptors (Lipinski definition) is 4. The number of rotatable bonds is 3. The Morgan fingerprint density at radius 1 is 1.89 bits per heavy atom. The van der Waals surface area contributed by atoms with Gasteiger partial charge in [-0.3, -0.25) is 0 Å². The summed E-state index contributed by atoms with van der Waals surface area (Å²) >= 11 is 1.43. The van der Waals surface area contributed by atoms with Crippen LogP contribution >= 0.6 is 11.8 Å². The lowest BCUT2D eigenvalue weighted by Crippen LogP contribution is -1.94. The number of oxime groups is 1. The third-order valence-corrected chi connectivity index (χ3v) is 1.60. The van der Waals surface area contributed by atoms with Crippen LogP contribution in [0.1, 0.15) is 6.92 Å². The largest absolute Gasteiger partial charge is 0.411 e. The van der Waals surface area contributed by atoms with Crippen LogP contribution in [0.25, 0.3) is 0 Å². The van der Waals surface area contributed by atoms with Crippen LogP contribution in [0.3, 0.4) is 0 Å². The lowest BCUT2D eigenvalue weighted by molar-refractivity contribution is 0.318. The van der Waals surface area contributed by atoms with Crippen LogP contribution in [0.5, 0.6) is 0 Å². The van der Waals surface area contributed by atoms with Crippen molar-refractivity contribution in [2.45, 2.75) is 6.92 Å². The Hall–Kier alpha value is -0.690. The third-order valence-electron chi connectivity index (χ3n) is 0.648. The standard InChI is InChI=1S/C5H8N2OS/c1-5(7-8)4-9-3-2-6/h8H,3-4H2,1H3/b7-5+. The van der Waals surface area contributed by atoms with Gasteiger partial charge in [0.1, 0.15) is 0 Å². The molecule has 0 fully saturated rings. The van der Waals surface area contributed by atoms with Crippen LogP contribution < -0.4 is 0 Å². The zero-order chi connectivity index (χ0) is 7.11. The van der Waals surface area contributed by atoms with E-state index in [9.17, 15) is 0 Å². The number of nitrogens with zero attached hydrogens (tertiary/aromatic N) is 2. The molecule has 0 aliphatic rings. The van der Waals surface area contributed by atoms with E-state index < -0.39 is 0 Å². The molecule has 3 nitrogen and oxygen atoms in total. The van der Waals surface area contributed by atoms with E-state index in [0.29, 0.717) is 17.2 Å². The van der Waals surface area contributed by atoms with Crippen molar-refractivity contribution in [2.24, 2.45) is 5.16 Å². The Balaban J connectivity index is 3.20. The van der Waals surface area contributed by atoms with Crippen molar-refractivity contribution in [3.63, 3.8) is 0 Å². The summed E-state index contributed by atoms with van der Waals surface area (Å²) in [6.07, 6.45) is 0. The molecule has 0 aromatic carbocycles. The van der Waals surface area contributed by atoms with Crippen LogP contribution in [-0.4, -0.2) is 22.4 Å². The number of hydrogen-bond donors (Lipinski definition) is 1. The molecule has 0 unspecified atom stereocenters. The maximum atomic E-state index is 8.13. The lowest BCUT2D eigenvalue weighted by atomic mass is 10.5. The smallest absolute Gasteiger partial charge is 0.0811 e. The van der Waals surface area contributed by atoms with E-state index in [1.807, 2.05) is 6.07 Å².